The lowest BCUT2D eigenvalue weighted by Gasteiger charge is -2.14. The van der Waals surface area contributed by atoms with Crippen LogP contribution in [0.5, 0.6) is 0 Å². The molecule has 0 rings (SSSR count). The third-order valence-corrected chi connectivity index (χ3v) is 1.39. The second-order valence-corrected chi connectivity index (χ2v) is 3.01. The fraction of sp³-hybridized carbons (Fsp3) is 0.857. The Kier molecular flexibility index (Phi) is 5.59. The molecule has 0 aliphatic rings. The highest BCUT2D eigenvalue weighted by atomic mass is 19.4. The van der Waals surface area contributed by atoms with Gasteiger partial charge in [0, 0.05) is 0 Å². The number of alkyl halides is 5. The Bertz CT molecular complexity index is 231. The van der Waals surface area contributed by atoms with Crippen LogP contribution in [0.25, 0.3) is 0 Å². The molecule has 1 amide bonds. The van der Waals surface area contributed by atoms with E-state index in [1.54, 1.807) is 10.6 Å². The predicted molar refractivity (Wildman–Crippen MR) is 44.0 cm³/mol. The molecule has 0 fully saturated rings. The molecule has 0 aromatic heterocycles. The van der Waals surface area contributed by atoms with Crippen molar-refractivity contribution in [1.29, 1.82) is 0 Å². The second kappa shape index (κ2) is 5.94. The summed E-state index contributed by atoms with van der Waals surface area (Å²) in [5, 5.41) is 11.5. The Morgan fingerprint density at radius 2 is 1.69 bits per heavy atom. The van der Waals surface area contributed by atoms with E-state index in [2.05, 4.69) is 0 Å². The fourth-order valence-electron chi connectivity index (χ4n) is 0.664. The van der Waals surface area contributed by atoms with Crippen molar-refractivity contribution in [3.05, 3.63) is 0 Å². The van der Waals surface area contributed by atoms with Crippen LogP contribution in [-0.2, 0) is 4.79 Å². The average Bonchev–Trinajstić information content (AvgIpc) is 2.13. The van der Waals surface area contributed by atoms with Gasteiger partial charge in [-0.15, -0.1) is 0 Å². The Morgan fingerprint density at radius 3 is 2.12 bits per heavy atom. The SMILES string of the molecule is O=C(CNCC(F)(F)F)NCC(F)(F)CO. The quantitative estimate of drug-likeness (QED) is 0.576. The predicted octanol–water partition coefficient (Wildman–Crippen LogP) is -0.118. The molecule has 0 aromatic carbocycles. The number of amides is 1. The maximum absolute atomic E-state index is 12.4. The normalized spacial score (nSPS) is 12.6. The zero-order valence-electron chi connectivity index (χ0n) is 8.07. The van der Waals surface area contributed by atoms with Gasteiger partial charge in [-0.3, -0.25) is 4.79 Å². The summed E-state index contributed by atoms with van der Waals surface area (Å²) in [6, 6.07) is 0. The number of rotatable bonds is 6. The Labute approximate surface area is 87.8 Å². The zero-order chi connectivity index (χ0) is 12.8. The lowest BCUT2D eigenvalue weighted by atomic mass is 10.3. The molecule has 0 unspecified atom stereocenters. The summed E-state index contributed by atoms with van der Waals surface area (Å²) in [6.07, 6.45) is -4.46. The van der Waals surface area contributed by atoms with Crippen LogP contribution >= 0.6 is 0 Å². The first-order chi connectivity index (χ1) is 7.16. The molecule has 0 aliphatic carbocycles. The molecule has 96 valence electrons. The minimum Gasteiger partial charge on any atom is -0.390 e. The van der Waals surface area contributed by atoms with E-state index in [9.17, 15) is 26.7 Å². The van der Waals surface area contributed by atoms with Crippen molar-refractivity contribution in [3.8, 4) is 0 Å². The monoisotopic (exact) mass is 250 g/mol. The van der Waals surface area contributed by atoms with E-state index < -0.39 is 44.2 Å². The number of carbonyl (C=O) groups excluding carboxylic acids is 1. The van der Waals surface area contributed by atoms with Gasteiger partial charge in [0.25, 0.3) is 5.92 Å². The molecule has 0 spiro atoms. The van der Waals surface area contributed by atoms with Crippen LogP contribution in [0.4, 0.5) is 22.0 Å². The van der Waals surface area contributed by atoms with E-state index in [0.717, 1.165) is 0 Å². The summed E-state index contributed by atoms with van der Waals surface area (Å²) in [5.41, 5.74) is 0. The molecule has 0 saturated heterocycles. The molecule has 0 radical (unpaired) electrons. The summed E-state index contributed by atoms with van der Waals surface area (Å²) < 4.78 is 59.5. The minimum atomic E-state index is -4.46. The maximum Gasteiger partial charge on any atom is 0.401 e. The summed E-state index contributed by atoms with van der Waals surface area (Å²) in [7, 11) is 0. The molecule has 3 N–H and O–H groups in total. The summed E-state index contributed by atoms with van der Waals surface area (Å²) in [6.45, 7) is -4.66. The molecule has 0 atom stereocenters. The highest BCUT2D eigenvalue weighted by Gasteiger charge is 2.29. The first kappa shape index (κ1) is 15.0. The van der Waals surface area contributed by atoms with Crippen LogP contribution in [0.2, 0.25) is 0 Å². The van der Waals surface area contributed by atoms with Crippen LogP contribution in [0.1, 0.15) is 0 Å². The van der Waals surface area contributed by atoms with Gasteiger partial charge in [-0.25, -0.2) is 8.78 Å². The van der Waals surface area contributed by atoms with Crippen molar-refractivity contribution in [2.45, 2.75) is 12.1 Å². The molecule has 0 heterocycles. The van der Waals surface area contributed by atoms with E-state index in [0.29, 0.717) is 0 Å². The van der Waals surface area contributed by atoms with Crippen molar-refractivity contribution in [2.75, 3.05) is 26.2 Å². The van der Waals surface area contributed by atoms with Crippen LogP contribution in [0.3, 0.4) is 0 Å². The number of nitrogens with one attached hydrogen (secondary N) is 2. The standard InChI is InChI=1S/C7H11F5N2O2/c8-6(9,4-15)2-14-5(16)1-13-3-7(10,11)12/h13,15H,1-4H2,(H,14,16). The molecule has 0 bridgehead atoms. The molecule has 9 heteroatoms. The third kappa shape index (κ3) is 8.36. The van der Waals surface area contributed by atoms with E-state index in [4.69, 9.17) is 5.11 Å². The third-order valence-electron chi connectivity index (χ3n) is 1.39. The number of aliphatic hydroxyl groups excluding tert-OH is 1. The largest absolute Gasteiger partial charge is 0.401 e. The number of halogens is 5. The molecular formula is C7H11F5N2O2. The van der Waals surface area contributed by atoms with Crippen LogP contribution in [-0.4, -0.2) is 49.4 Å². The smallest absolute Gasteiger partial charge is 0.390 e. The van der Waals surface area contributed by atoms with E-state index in [1.807, 2.05) is 0 Å². The molecule has 0 aliphatic heterocycles. The van der Waals surface area contributed by atoms with Gasteiger partial charge in [-0.1, -0.05) is 0 Å². The Balaban J connectivity index is 3.68. The van der Waals surface area contributed by atoms with Crippen molar-refractivity contribution >= 4 is 5.91 Å². The number of hydrogen-bond acceptors (Lipinski definition) is 3. The number of aliphatic hydroxyl groups is 1. The summed E-state index contributed by atoms with van der Waals surface area (Å²) in [4.78, 5) is 10.7. The van der Waals surface area contributed by atoms with E-state index in [-0.39, 0.29) is 0 Å². The lowest BCUT2D eigenvalue weighted by Crippen LogP contribution is -2.43. The highest BCUT2D eigenvalue weighted by molar-refractivity contribution is 5.78. The first-order valence-electron chi connectivity index (χ1n) is 4.19. The minimum absolute atomic E-state index is 0.721. The van der Waals surface area contributed by atoms with Crippen LogP contribution < -0.4 is 10.6 Å². The Hall–Kier alpha value is -0.960. The summed E-state index contributed by atoms with van der Waals surface area (Å²) >= 11 is 0. The van der Waals surface area contributed by atoms with Gasteiger partial charge in [0.15, 0.2) is 0 Å². The van der Waals surface area contributed by atoms with Gasteiger partial charge in [0.1, 0.15) is 6.61 Å². The highest BCUT2D eigenvalue weighted by Crippen LogP contribution is 2.12. The van der Waals surface area contributed by atoms with Gasteiger partial charge < -0.3 is 15.7 Å². The number of carbonyl (C=O) groups is 1. The molecule has 4 nitrogen and oxygen atoms in total. The average molecular weight is 250 g/mol. The van der Waals surface area contributed by atoms with E-state index >= 15 is 0 Å². The number of hydrogen-bond donors (Lipinski definition) is 3. The van der Waals surface area contributed by atoms with E-state index in [1.165, 1.54) is 0 Å². The zero-order valence-corrected chi connectivity index (χ0v) is 8.07. The van der Waals surface area contributed by atoms with Crippen molar-refractivity contribution in [3.63, 3.8) is 0 Å². The first-order valence-corrected chi connectivity index (χ1v) is 4.19. The van der Waals surface area contributed by atoms with Crippen molar-refractivity contribution in [1.82, 2.24) is 10.6 Å². The summed E-state index contributed by atoms with van der Waals surface area (Å²) in [5.74, 6) is -4.47. The van der Waals surface area contributed by atoms with Crippen LogP contribution in [0.15, 0.2) is 0 Å². The van der Waals surface area contributed by atoms with Crippen LogP contribution in [0, 0.1) is 0 Å². The van der Waals surface area contributed by atoms with Crippen molar-refractivity contribution in [2.24, 2.45) is 0 Å². The molecular weight excluding hydrogens is 239 g/mol. The van der Waals surface area contributed by atoms with Crippen molar-refractivity contribution < 1.29 is 31.9 Å². The van der Waals surface area contributed by atoms with Gasteiger partial charge in [0.05, 0.1) is 19.6 Å². The topological polar surface area (TPSA) is 61.4 Å². The maximum atomic E-state index is 12.4. The van der Waals surface area contributed by atoms with Gasteiger partial charge in [0.2, 0.25) is 5.91 Å². The molecule has 0 aromatic rings. The fourth-order valence-corrected chi connectivity index (χ4v) is 0.664. The second-order valence-electron chi connectivity index (χ2n) is 3.01. The van der Waals surface area contributed by atoms with Gasteiger partial charge in [-0.2, -0.15) is 13.2 Å². The molecule has 16 heavy (non-hydrogen) atoms. The Morgan fingerprint density at radius 1 is 1.12 bits per heavy atom. The van der Waals surface area contributed by atoms with Gasteiger partial charge in [-0.05, 0) is 0 Å². The lowest BCUT2D eigenvalue weighted by molar-refractivity contribution is -0.129. The van der Waals surface area contributed by atoms with Gasteiger partial charge >= 0.3 is 6.18 Å². The molecule has 0 saturated carbocycles.